The third-order valence-electron chi connectivity index (χ3n) is 3.12. The number of ether oxygens (including phenoxy) is 3. The van der Waals surface area contributed by atoms with Crippen LogP contribution in [-0.2, 0) is 4.79 Å². The number of carbonyl (C=O) groups excluding carboxylic acids is 2. The molecule has 0 bridgehead atoms. The number of carbonyl (C=O) groups is 2. The number of hydrogen-bond donors (Lipinski definition) is 1. The van der Waals surface area contributed by atoms with Crippen LogP contribution in [0.4, 0.5) is 5.69 Å². The average Bonchev–Trinajstić information content (AvgIpc) is 2.55. The quantitative estimate of drug-likeness (QED) is 0.695. The minimum absolute atomic E-state index is 0.0527. The van der Waals surface area contributed by atoms with Crippen molar-refractivity contribution in [3.63, 3.8) is 0 Å². The zero-order valence-corrected chi connectivity index (χ0v) is 11.8. The fourth-order valence-electron chi connectivity index (χ4n) is 2.01. The first kappa shape index (κ1) is 13.9. The van der Waals surface area contributed by atoms with Crippen LogP contribution in [0.3, 0.4) is 0 Å². The van der Waals surface area contributed by atoms with E-state index >= 15 is 0 Å². The summed E-state index contributed by atoms with van der Waals surface area (Å²) in [6, 6.07) is 11.4. The molecule has 1 N–H and O–H groups in total. The summed E-state index contributed by atoms with van der Waals surface area (Å²) in [7, 11) is 1.55. The van der Waals surface area contributed by atoms with Gasteiger partial charge in [0.2, 0.25) is 0 Å². The molecule has 1 heterocycles. The van der Waals surface area contributed by atoms with Gasteiger partial charge in [-0.15, -0.1) is 0 Å². The lowest BCUT2D eigenvalue weighted by Gasteiger charge is -2.18. The Morgan fingerprint density at radius 2 is 1.86 bits per heavy atom. The first-order valence-corrected chi connectivity index (χ1v) is 6.58. The number of benzene rings is 2. The van der Waals surface area contributed by atoms with Crippen LogP contribution in [0.25, 0.3) is 0 Å². The summed E-state index contributed by atoms with van der Waals surface area (Å²) < 4.78 is 15.6. The summed E-state index contributed by atoms with van der Waals surface area (Å²) in [4.78, 5) is 23.3. The molecule has 2 aromatic rings. The minimum atomic E-state index is -0.484. The van der Waals surface area contributed by atoms with Crippen molar-refractivity contribution in [2.75, 3.05) is 19.0 Å². The Balaban J connectivity index is 1.75. The first-order valence-electron chi connectivity index (χ1n) is 6.58. The highest BCUT2D eigenvalue weighted by Gasteiger charge is 2.17. The van der Waals surface area contributed by atoms with E-state index in [-0.39, 0.29) is 12.5 Å². The molecule has 0 saturated carbocycles. The molecule has 0 fully saturated rings. The maximum atomic E-state index is 12.1. The summed E-state index contributed by atoms with van der Waals surface area (Å²) in [6.07, 6.45) is 0. The highest BCUT2D eigenvalue weighted by atomic mass is 16.5. The van der Waals surface area contributed by atoms with Crippen molar-refractivity contribution in [3.05, 3.63) is 48.0 Å². The molecule has 0 aliphatic carbocycles. The third kappa shape index (κ3) is 2.85. The van der Waals surface area contributed by atoms with Crippen LogP contribution in [0.2, 0.25) is 0 Å². The van der Waals surface area contributed by atoms with Gasteiger partial charge in [-0.1, -0.05) is 0 Å². The van der Waals surface area contributed by atoms with Crippen molar-refractivity contribution in [2.45, 2.75) is 0 Å². The number of hydrogen-bond acceptors (Lipinski definition) is 5. The Labute approximate surface area is 126 Å². The molecular formula is C16H13NO5. The van der Waals surface area contributed by atoms with E-state index in [2.05, 4.69) is 5.32 Å². The Kier molecular flexibility index (Phi) is 3.65. The van der Waals surface area contributed by atoms with E-state index in [0.29, 0.717) is 28.5 Å². The zero-order chi connectivity index (χ0) is 15.5. The van der Waals surface area contributed by atoms with Crippen molar-refractivity contribution in [1.82, 2.24) is 0 Å². The molecule has 112 valence electrons. The number of fused-ring (bicyclic) bond motifs is 1. The Bertz CT molecular complexity index is 724. The number of anilines is 1. The van der Waals surface area contributed by atoms with Crippen LogP contribution in [0, 0.1) is 0 Å². The molecule has 1 aliphatic heterocycles. The zero-order valence-electron chi connectivity index (χ0n) is 11.8. The summed E-state index contributed by atoms with van der Waals surface area (Å²) in [5.41, 5.74) is 0.966. The molecule has 1 aliphatic rings. The van der Waals surface area contributed by atoms with Crippen LogP contribution in [0.15, 0.2) is 42.5 Å². The predicted molar refractivity (Wildman–Crippen MR) is 78.5 cm³/mol. The van der Waals surface area contributed by atoms with Gasteiger partial charge in [0.05, 0.1) is 18.4 Å². The normalized spacial score (nSPS) is 12.7. The lowest BCUT2D eigenvalue weighted by molar-refractivity contribution is -0.118. The Morgan fingerprint density at radius 1 is 1.14 bits per heavy atom. The van der Waals surface area contributed by atoms with Gasteiger partial charge in [-0.3, -0.25) is 4.79 Å². The average molecular weight is 299 g/mol. The monoisotopic (exact) mass is 299 g/mol. The second kappa shape index (κ2) is 5.77. The van der Waals surface area contributed by atoms with Crippen LogP contribution in [-0.4, -0.2) is 25.6 Å². The molecule has 6 heteroatoms. The van der Waals surface area contributed by atoms with Gasteiger partial charge >= 0.3 is 5.97 Å². The molecule has 0 atom stereocenters. The van der Waals surface area contributed by atoms with Crippen LogP contribution in [0.5, 0.6) is 17.2 Å². The van der Waals surface area contributed by atoms with Gasteiger partial charge in [0.15, 0.2) is 6.61 Å². The smallest absolute Gasteiger partial charge is 0.343 e. The second-order valence-corrected chi connectivity index (χ2v) is 4.61. The van der Waals surface area contributed by atoms with Gasteiger partial charge < -0.3 is 19.5 Å². The molecular weight excluding hydrogens is 286 g/mol. The number of rotatable bonds is 3. The van der Waals surface area contributed by atoms with Crippen molar-refractivity contribution < 1.29 is 23.8 Å². The molecule has 0 unspecified atom stereocenters. The molecule has 6 nitrogen and oxygen atoms in total. The van der Waals surface area contributed by atoms with E-state index in [4.69, 9.17) is 14.2 Å². The van der Waals surface area contributed by atoms with E-state index < -0.39 is 5.97 Å². The molecule has 0 radical (unpaired) electrons. The topological polar surface area (TPSA) is 73.9 Å². The maximum Gasteiger partial charge on any atom is 0.343 e. The Hall–Kier alpha value is -3.02. The lowest BCUT2D eigenvalue weighted by atomic mass is 10.2. The molecule has 0 aromatic heterocycles. The van der Waals surface area contributed by atoms with E-state index in [1.165, 1.54) is 0 Å². The highest BCUT2D eigenvalue weighted by molar-refractivity contribution is 5.96. The lowest BCUT2D eigenvalue weighted by Crippen LogP contribution is -2.25. The molecule has 2 aromatic carbocycles. The largest absolute Gasteiger partial charge is 0.497 e. The van der Waals surface area contributed by atoms with Crippen molar-refractivity contribution in [1.29, 1.82) is 0 Å². The summed E-state index contributed by atoms with van der Waals surface area (Å²) >= 11 is 0. The van der Waals surface area contributed by atoms with E-state index in [1.54, 1.807) is 49.6 Å². The number of esters is 1. The van der Waals surface area contributed by atoms with Crippen molar-refractivity contribution in [3.8, 4) is 17.2 Å². The first-order chi connectivity index (χ1) is 10.7. The second-order valence-electron chi connectivity index (χ2n) is 4.61. The van der Waals surface area contributed by atoms with Crippen LogP contribution in [0.1, 0.15) is 10.4 Å². The molecule has 1 amide bonds. The van der Waals surface area contributed by atoms with Crippen LogP contribution >= 0.6 is 0 Å². The van der Waals surface area contributed by atoms with E-state index in [9.17, 15) is 9.59 Å². The van der Waals surface area contributed by atoms with Gasteiger partial charge in [0, 0.05) is 6.07 Å². The summed E-state index contributed by atoms with van der Waals surface area (Å²) in [6.45, 7) is -0.0527. The number of amides is 1. The number of nitrogens with one attached hydrogen (secondary N) is 1. The van der Waals surface area contributed by atoms with Gasteiger partial charge in [-0.2, -0.15) is 0 Å². The van der Waals surface area contributed by atoms with Gasteiger partial charge in [0.25, 0.3) is 5.91 Å². The van der Waals surface area contributed by atoms with Gasteiger partial charge in [0.1, 0.15) is 17.2 Å². The van der Waals surface area contributed by atoms with Gasteiger partial charge in [-0.05, 0) is 36.4 Å². The van der Waals surface area contributed by atoms with Crippen LogP contribution < -0.4 is 19.5 Å². The highest BCUT2D eigenvalue weighted by Crippen LogP contribution is 2.31. The fourth-order valence-corrected chi connectivity index (χ4v) is 2.01. The Morgan fingerprint density at radius 3 is 2.59 bits per heavy atom. The summed E-state index contributed by atoms with van der Waals surface area (Å²) in [5.74, 6) is 0.780. The maximum absolute atomic E-state index is 12.1. The minimum Gasteiger partial charge on any atom is -0.497 e. The predicted octanol–water partition coefficient (Wildman–Crippen LogP) is 2.25. The number of methoxy groups -OCH3 is 1. The SMILES string of the molecule is COc1ccc(C(=O)Oc2ccc3c(c2)OCC(=O)N3)cc1. The van der Waals surface area contributed by atoms with E-state index in [1.807, 2.05) is 0 Å². The van der Waals surface area contributed by atoms with E-state index in [0.717, 1.165) is 0 Å². The summed E-state index contributed by atoms with van der Waals surface area (Å²) in [5, 5.41) is 2.67. The van der Waals surface area contributed by atoms with Crippen molar-refractivity contribution >= 4 is 17.6 Å². The van der Waals surface area contributed by atoms with Gasteiger partial charge in [-0.25, -0.2) is 4.79 Å². The third-order valence-corrected chi connectivity index (χ3v) is 3.12. The standard InChI is InChI=1S/C16H13NO5/c1-20-11-4-2-10(3-5-11)16(19)22-12-6-7-13-14(8-12)21-9-15(18)17-13/h2-8H,9H2,1H3,(H,17,18). The molecule has 0 spiro atoms. The van der Waals surface area contributed by atoms with Crippen molar-refractivity contribution in [2.24, 2.45) is 0 Å². The fraction of sp³-hybridized carbons (Fsp3) is 0.125. The molecule has 22 heavy (non-hydrogen) atoms. The molecule has 0 saturated heterocycles. The molecule has 3 rings (SSSR count).